The Morgan fingerprint density at radius 3 is 2.69 bits per heavy atom. The van der Waals surface area contributed by atoms with Crippen LogP contribution in [0.4, 0.5) is 8.78 Å². The van der Waals surface area contributed by atoms with Crippen LogP contribution < -0.4 is 0 Å². The molecule has 130 valence electrons. The minimum Gasteiger partial charge on any atom is -0.206 e. The predicted octanol–water partition coefficient (Wildman–Crippen LogP) is 5.82. The normalized spacial score (nSPS) is 16.3. The molecule has 0 aromatic heterocycles. The van der Waals surface area contributed by atoms with Crippen LogP contribution >= 0.6 is 0 Å². The molecule has 0 aliphatic heterocycles. The van der Waals surface area contributed by atoms with E-state index in [1.807, 2.05) is 36.4 Å². The smallest absolute Gasteiger partial charge is 0.141 e. The summed E-state index contributed by atoms with van der Waals surface area (Å²) in [6.45, 7) is 2.09. The van der Waals surface area contributed by atoms with Crippen molar-refractivity contribution in [1.82, 2.24) is 0 Å². The molecule has 0 spiro atoms. The Kier molecular flexibility index (Phi) is 4.20. The number of halogens is 2. The van der Waals surface area contributed by atoms with Gasteiger partial charge >= 0.3 is 0 Å². The summed E-state index contributed by atoms with van der Waals surface area (Å²) in [5.41, 5.74) is 3.88. The Labute approximate surface area is 151 Å². The number of fused-ring (bicyclic) bond motifs is 2. The standard InChI is InChI=1S/C23H19F2N/c1-2-14-3-7-20-16(9-14)6-8-21(23(20)25)17-5-4-15-10-19(13-26)22(24)12-18(15)11-17/h3,6-10,12,17H,2,4-5,11H2,1H3. The summed E-state index contributed by atoms with van der Waals surface area (Å²) in [6, 6.07) is 14.7. The van der Waals surface area contributed by atoms with Crippen molar-refractivity contribution in [1.29, 1.82) is 5.26 Å². The van der Waals surface area contributed by atoms with Gasteiger partial charge in [-0.25, -0.2) is 8.78 Å². The SMILES string of the molecule is CCc1ccc2c(F)c(C3CCc4cc(C#N)c(F)cc4C3)ccc2c1. The molecule has 1 aliphatic rings. The fourth-order valence-corrected chi connectivity index (χ4v) is 4.02. The Morgan fingerprint density at radius 2 is 1.92 bits per heavy atom. The number of benzene rings is 3. The molecule has 4 rings (SSSR count). The van der Waals surface area contributed by atoms with Crippen molar-refractivity contribution < 1.29 is 8.78 Å². The molecule has 3 aromatic carbocycles. The summed E-state index contributed by atoms with van der Waals surface area (Å²) in [7, 11) is 0. The number of nitriles is 1. The maximum absolute atomic E-state index is 15.1. The Balaban J connectivity index is 1.72. The first kappa shape index (κ1) is 16.7. The summed E-state index contributed by atoms with van der Waals surface area (Å²) in [4.78, 5) is 0. The zero-order valence-electron chi connectivity index (χ0n) is 14.7. The number of hydrogen-bond donors (Lipinski definition) is 0. The minimum absolute atomic E-state index is 0.0325. The zero-order chi connectivity index (χ0) is 18.3. The molecule has 0 saturated carbocycles. The highest BCUT2D eigenvalue weighted by Crippen LogP contribution is 2.36. The number of nitrogens with zero attached hydrogens (tertiary/aromatic N) is 1. The topological polar surface area (TPSA) is 23.8 Å². The third kappa shape index (κ3) is 2.76. The molecule has 0 heterocycles. The second-order valence-electron chi connectivity index (χ2n) is 7.03. The van der Waals surface area contributed by atoms with Gasteiger partial charge in [-0.2, -0.15) is 5.26 Å². The van der Waals surface area contributed by atoms with Crippen LogP contribution in [0.5, 0.6) is 0 Å². The molecule has 1 nitrogen and oxygen atoms in total. The molecule has 0 fully saturated rings. The van der Waals surface area contributed by atoms with Crippen LogP contribution in [0.3, 0.4) is 0 Å². The van der Waals surface area contributed by atoms with E-state index in [1.54, 1.807) is 6.07 Å². The van der Waals surface area contributed by atoms with Crippen LogP contribution in [0.1, 0.15) is 47.1 Å². The van der Waals surface area contributed by atoms with Crippen LogP contribution in [0.15, 0.2) is 42.5 Å². The van der Waals surface area contributed by atoms with Gasteiger partial charge in [-0.1, -0.05) is 37.3 Å². The van der Waals surface area contributed by atoms with Crippen molar-refractivity contribution in [3.8, 4) is 6.07 Å². The van der Waals surface area contributed by atoms with E-state index in [2.05, 4.69) is 6.92 Å². The summed E-state index contributed by atoms with van der Waals surface area (Å²) in [6.07, 6.45) is 3.07. The summed E-state index contributed by atoms with van der Waals surface area (Å²) < 4.78 is 29.1. The lowest BCUT2D eigenvalue weighted by Crippen LogP contribution is -2.15. The molecule has 1 aliphatic carbocycles. The average Bonchev–Trinajstić information content (AvgIpc) is 2.67. The molecule has 1 atom stereocenters. The molecule has 0 bridgehead atoms. The largest absolute Gasteiger partial charge is 0.206 e. The van der Waals surface area contributed by atoms with Gasteiger partial charge in [0, 0.05) is 5.39 Å². The van der Waals surface area contributed by atoms with Crippen molar-refractivity contribution >= 4 is 10.8 Å². The van der Waals surface area contributed by atoms with Gasteiger partial charge in [0.2, 0.25) is 0 Å². The molecule has 0 amide bonds. The third-order valence-electron chi connectivity index (χ3n) is 5.53. The van der Waals surface area contributed by atoms with E-state index in [0.29, 0.717) is 17.4 Å². The second-order valence-corrected chi connectivity index (χ2v) is 7.03. The highest BCUT2D eigenvalue weighted by molar-refractivity contribution is 5.84. The van der Waals surface area contributed by atoms with Gasteiger partial charge in [-0.3, -0.25) is 0 Å². The molecule has 26 heavy (non-hydrogen) atoms. The molecule has 0 saturated heterocycles. The molecule has 0 N–H and O–H groups in total. The van der Waals surface area contributed by atoms with Crippen LogP contribution in [0.2, 0.25) is 0 Å². The first-order chi connectivity index (χ1) is 12.6. The van der Waals surface area contributed by atoms with E-state index in [9.17, 15) is 4.39 Å². The van der Waals surface area contributed by atoms with Crippen LogP contribution in [0, 0.1) is 23.0 Å². The Hall–Kier alpha value is -2.73. The number of hydrogen-bond acceptors (Lipinski definition) is 1. The van der Waals surface area contributed by atoms with Crippen molar-refractivity contribution in [3.63, 3.8) is 0 Å². The molecule has 3 heteroatoms. The summed E-state index contributed by atoms with van der Waals surface area (Å²) >= 11 is 0. The first-order valence-electron chi connectivity index (χ1n) is 9.03. The molecule has 3 aromatic rings. The van der Waals surface area contributed by atoms with Crippen molar-refractivity contribution in [2.24, 2.45) is 0 Å². The maximum atomic E-state index is 15.1. The van der Waals surface area contributed by atoms with Gasteiger partial charge in [0.1, 0.15) is 17.7 Å². The van der Waals surface area contributed by atoms with Gasteiger partial charge < -0.3 is 0 Å². The summed E-state index contributed by atoms with van der Waals surface area (Å²) in [5.74, 6) is -0.615. The van der Waals surface area contributed by atoms with Crippen LogP contribution in [0.25, 0.3) is 10.8 Å². The fraction of sp³-hybridized carbons (Fsp3) is 0.261. The number of aryl methyl sites for hydroxylation is 2. The van der Waals surface area contributed by atoms with Gasteiger partial charge in [-0.15, -0.1) is 0 Å². The minimum atomic E-state index is -0.488. The van der Waals surface area contributed by atoms with Gasteiger partial charge in [0.25, 0.3) is 0 Å². The van der Waals surface area contributed by atoms with Crippen molar-refractivity contribution in [2.75, 3.05) is 0 Å². The van der Waals surface area contributed by atoms with Crippen molar-refractivity contribution in [3.05, 3.63) is 81.9 Å². The zero-order valence-corrected chi connectivity index (χ0v) is 14.7. The van der Waals surface area contributed by atoms with Gasteiger partial charge in [0.15, 0.2) is 0 Å². The van der Waals surface area contributed by atoms with Crippen molar-refractivity contribution in [2.45, 2.75) is 38.5 Å². The highest BCUT2D eigenvalue weighted by Gasteiger charge is 2.24. The van der Waals surface area contributed by atoms with E-state index in [4.69, 9.17) is 5.26 Å². The van der Waals surface area contributed by atoms with E-state index < -0.39 is 5.82 Å². The quantitative estimate of drug-likeness (QED) is 0.572. The Morgan fingerprint density at radius 1 is 1.08 bits per heavy atom. The summed E-state index contributed by atoms with van der Waals surface area (Å²) in [5, 5.41) is 10.6. The lowest BCUT2D eigenvalue weighted by atomic mass is 9.79. The molecule has 0 radical (unpaired) electrons. The van der Waals surface area contributed by atoms with Crippen LogP contribution in [-0.4, -0.2) is 0 Å². The van der Waals surface area contributed by atoms with Gasteiger partial charge in [0.05, 0.1) is 5.56 Å². The second kappa shape index (κ2) is 6.53. The van der Waals surface area contributed by atoms with Crippen LogP contribution in [-0.2, 0) is 19.3 Å². The number of rotatable bonds is 2. The fourth-order valence-electron chi connectivity index (χ4n) is 4.02. The van der Waals surface area contributed by atoms with Gasteiger partial charge in [-0.05, 0) is 71.4 Å². The predicted molar refractivity (Wildman–Crippen MR) is 99.2 cm³/mol. The van der Waals surface area contributed by atoms with E-state index in [-0.39, 0.29) is 17.3 Å². The lowest BCUT2D eigenvalue weighted by molar-refractivity contribution is 0.535. The third-order valence-corrected chi connectivity index (χ3v) is 5.53. The maximum Gasteiger partial charge on any atom is 0.141 e. The molecular weight excluding hydrogens is 328 g/mol. The van der Waals surface area contributed by atoms with E-state index in [0.717, 1.165) is 35.8 Å². The average molecular weight is 347 g/mol. The van der Waals surface area contributed by atoms with E-state index in [1.165, 1.54) is 11.6 Å². The highest BCUT2D eigenvalue weighted by atomic mass is 19.1. The van der Waals surface area contributed by atoms with E-state index >= 15 is 4.39 Å². The Bertz CT molecular complexity index is 1050. The first-order valence-corrected chi connectivity index (χ1v) is 9.03. The molecule has 1 unspecified atom stereocenters. The monoisotopic (exact) mass is 347 g/mol. The molecular formula is C23H19F2N. The lowest BCUT2D eigenvalue weighted by Gasteiger charge is -2.26.